The second-order valence-corrected chi connectivity index (χ2v) is 6.68. The van der Waals surface area contributed by atoms with E-state index in [2.05, 4.69) is 13.5 Å². The van der Waals surface area contributed by atoms with Gasteiger partial charge in [0.1, 0.15) is 6.61 Å². The van der Waals surface area contributed by atoms with Crippen molar-refractivity contribution in [1.29, 1.82) is 0 Å². The van der Waals surface area contributed by atoms with Gasteiger partial charge in [-0.15, -0.1) is 12.4 Å². The summed E-state index contributed by atoms with van der Waals surface area (Å²) in [6.07, 6.45) is 10.4. The third-order valence-electron chi connectivity index (χ3n) is 3.85. The van der Waals surface area contributed by atoms with Gasteiger partial charge in [0.25, 0.3) is 0 Å². The molecular formula is C20H40ClNO4. The maximum absolute atomic E-state index is 11.6. The zero-order valence-electron chi connectivity index (χ0n) is 17.1. The van der Waals surface area contributed by atoms with Crippen LogP contribution in [0.4, 0.5) is 0 Å². The first kappa shape index (κ1) is 27.6. The zero-order valence-corrected chi connectivity index (χ0v) is 17.9. The number of ether oxygens (including phenoxy) is 3. The molecule has 0 aromatic carbocycles. The molecule has 0 heterocycles. The van der Waals surface area contributed by atoms with Crippen LogP contribution in [-0.2, 0) is 19.0 Å². The average molecular weight is 394 g/mol. The quantitative estimate of drug-likeness (QED) is 0.198. The molecule has 26 heavy (non-hydrogen) atoms. The van der Waals surface area contributed by atoms with Gasteiger partial charge in [-0.1, -0.05) is 58.4 Å². The fraction of sp³-hybridized carbons (Fsp3) is 0.850. The van der Waals surface area contributed by atoms with Gasteiger partial charge >= 0.3 is 5.97 Å². The number of unbranched alkanes of at least 4 members (excludes halogenated alkanes) is 7. The second kappa shape index (κ2) is 20.7. The first-order valence-electron chi connectivity index (χ1n) is 9.73. The summed E-state index contributed by atoms with van der Waals surface area (Å²) in [5.41, 5.74) is 0.349. The highest BCUT2D eigenvalue weighted by Crippen LogP contribution is 2.08. The van der Waals surface area contributed by atoms with Crippen LogP contribution in [0, 0.1) is 0 Å². The predicted molar refractivity (Wildman–Crippen MR) is 110 cm³/mol. The Bertz CT molecular complexity index is 338. The lowest BCUT2D eigenvalue weighted by molar-refractivity contribution is -0.140. The van der Waals surface area contributed by atoms with E-state index in [1.807, 2.05) is 19.0 Å². The summed E-state index contributed by atoms with van der Waals surface area (Å²) in [5.74, 6) is -0.387. The molecule has 0 radical (unpaired) electrons. The average Bonchev–Trinajstić information content (AvgIpc) is 2.58. The van der Waals surface area contributed by atoms with E-state index in [4.69, 9.17) is 14.2 Å². The van der Waals surface area contributed by atoms with Gasteiger partial charge in [-0.05, 0) is 20.5 Å². The van der Waals surface area contributed by atoms with Gasteiger partial charge in [0.05, 0.1) is 25.4 Å². The smallest absolute Gasteiger partial charge is 0.335 e. The van der Waals surface area contributed by atoms with Crippen molar-refractivity contribution in [3.05, 3.63) is 12.2 Å². The molecule has 0 rings (SSSR count). The highest BCUT2D eigenvalue weighted by atomic mass is 35.5. The predicted octanol–water partition coefficient (Wildman–Crippen LogP) is 4.24. The fourth-order valence-electron chi connectivity index (χ4n) is 2.24. The van der Waals surface area contributed by atoms with E-state index in [1.54, 1.807) is 0 Å². The van der Waals surface area contributed by atoms with Crippen LogP contribution in [0.2, 0.25) is 0 Å². The maximum Gasteiger partial charge on any atom is 0.335 e. The Morgan fingerprint density at radius 3 is 2.04 bits per heavy atom. The Morgan fingerprint density at radius 1 is 0.846 bits per heavy atom. The SMILES string of the molecule is C=C(COCCOCCCCCCCCCC)C(=O)OCCN(C)C.Cl. The van der Waals surface area contributed by atoms with Crippen molar-refractivity contribution in [2.24, 2.45) is 0 Å². The molecule has 0 aliphatic heterocycles. The summed E-state index contributed by atoms with van der Waals surface area (Å²) in [6, 6.07) is 0. The lowest BCUT2D eigenvalue weighted by atomic mass is 10.1. The van der Waals surface area contributed by atoms with E-state index in [0.29, 0.717) is 31.9 Å². The van der Waals surface area contributed by atoms with Crippen LogP contribution in [0.1, 0.15) is 58.3 Å². The van der Waals surface area contributed by atoms with Crippen molar-refractivity contribution in [2.45, 2.75) is 58.3 Å². The third-order valence-corrected chi connectivity index (χ3v) is 3.85. The normalized spacial score (nSPS) is 10.6. The minimum atomic E-state index is -0.387. The molecule has 0 unspecified atom stereocenters. The third kappa shape index (κ3) is 19.7. The number of carbonyl (C=O) groups excluding carboxylic acids is 1. The van der Waals surface area contributed by atoms with Gasteiger partial charge in [-0.3, -0.25) is 0 Å². The van der Waals surface area contributed by atoms with Crippen LogP contribution >= 0.6 is 12.4 Å². The van der Waals surface area contributed by atoms with Crippen molar-refractivity contribution in [2.75, 3.05) is 53.7 Å². The minimum Gasteiger partial charge on any atom is -0.461 e. The first-order valence-corrected chi connectivity index (χ1v) is 9.73. The lowest BCUT2D eigenvalue weighted by Gasteiger charge is -2.11. The molecule has 0 atom stereocenters. The Labute approximate surface area is 166 Å². The molecular weight excluding hydrogens is 354 g/mol. The van der Waals surface area contributed by atoms with Gasteiger partial charge < -0.3 is 19.1 Å². The Balaban J connectivity index is 0. The molecule has 0 fully saturated rings. The Morgan fingerprint density at radius 2 is 1.42 bits per heavy atom. The number of hydrogen-bond acceptors (Lipinski definition) is 5. The number of esters is 1. The topological polar surface area (TPSA) is 48.0 Å². The van der Waals surface area contributed by atoms with Crippen molar-refractivity contribution in [3.63, 3.8) is 0 Å². The summed E-state index contributed by atoms with van der Waals surface area (Å²) < 4.78 is 16.0. The largest absolute Gasteiger partial charge is 0.461 e. The van der Waals surface area contributed by atoms with E-state index >= 15 is 0 Å². The summed E-state index contributed by atoms with van der Waals surface area (Å²) in [4.78, 5) is 13.6. The highest BCUT2D eigenvalue weighted by molar-refractivity contribution is 5.87. The molecule has 0 spiro atoms. The monoisotopic (exact) mass is 393 g/mol. The number of rotatable bonds is 18. The van der Waals surface area contributed by atoms with Crippen LogP contribution in [0.15, 0.2) is 12.2 Å². The van der Waals surface area contributed by atoms with Crippen molar-refractivity contribution in [3.8, 4) is 0 Å². The molecule has 6 heteroatoms. The van der Waals surface area contributed by atoms with E-state index in [9.17, 15) is 4.79 Å². The van der Waals surface area contributed by atoms with Crippen molar-refractivity contribution in [1.82, 2.24) is 4.90 Å². The molecule has 0 bridgehead atoms. The number of nitrogens with zero attached hydrogens (tertiary/aromatic N) is 1. The molecule has 0 amide bonds. The lowest BCUT2D eigenvalue weighted by Crippen LogP contribution is -2.21. The number of hydrogen-bond donors (Lipinski definition) is 0. The summed E-state index contributed by atoms with van der Waals surface area (Å²) >= 11 is 0. The van der Waals surface area contributed by atoms with Gasteiger partial charge in [-0.25, -0.2) is 4.79 Å². The van der Waals surface area contributed by atoms with Crippen LogP contribution in [0.25, 0.3) is 0 Å². The van der Waals surface area contributed by atoms with E-state index in [-0.39, 0.29) is 25.0 Å². The fourth-order valence-corrected chi connectivity index (χ4v) is 2.24. The molecule has 156 valence electrons. The summed E-state index contributed by atoms with van der Waals surface area (Å²) in [5, 5.41) is 0. The summed E-state index contributed by atoms with van der Waals surface area (Å²) in [6.45, 7) is 9.01. The Hall–Kier alpha value is -0.620. The molecule has 0 N–H and O–H groups in total. The van der Waals surface area contributed by atoms with Gasteiger partial charge in [0.2, 0.25) is 0 Å². The van der Waals surface area contributed by atoms with Crippen molar-refractivity contribution < 1.29 is 19.0 Å². The minimum absolute atomic E-state index is 0. The van der Waals surface area contributed by atoms with Crippen LogP contribution in [0.3, 0.4) is 0 Å². The molecule has 0 aliphatic rings. The van der Waals surface area contributed by atoms with Gasteiger partial charge in [0.15, 0.2) is 0 Å². The van der Waals surface area contributed by atoms with Gasteiger partial charge in [-0.2, -0.15) is 0 Å². The number of halogens is 1. The zero-order chi connectivity index (χ0) is 18.8. The van der Waals surface area contributed by atoms with Crippen LogP contribution in [-0.4, -0.2) is 64.5 Å². The van der Waals surface area contributed by atoms with E-state index in [0.717, 1.165) is 13.0 Å². The number of carbonyl (C=O) groups is 1. The molecule has 0 aromatic heterocycles. The summed E-state index contributed by atoms with van der Waals surface area (Å²) in [7, 11) is 3.86. The van der Waals surface area contributed by atoms with E-state index < -0.39 is 0 Å². The molecule has 0 aliphatic carbocycles. The van der Waals surface area contributed by atoms with Crippen molar-refractivity contribution >= 4 is 18.4 Å². The molecule has 0 aromatic rings. The standard InChI is InChI=1S/C20H39NO4.ClH/c1-5-6-7-8-9-10-11-12-14-23-16-17-24-18-19(2)20(22)25-15-13-21(3)4;/h2,5-18H2,1,3-4H3;1H. The first-order chi connectivity index (χ1) is 12.1. The second-order valence-electron chi connectivity index (χ2n) is 6.68. The van der Waals surface area contributed by atoms with Crippen LogP contribution in [0.5, 0.6) is 0 Å². The van der Waals surface area contributed by atoms with E-state index in [1.165, 1.54) is 44.9 Å². The Kier molecular flexibility index (Phi) is 22.0. The molecule has 0 saturated heterocycles. The number of likely N-dealkylation sites (N-methyl/N-ethyl adjacent to an activating group) is 1. The maximum atomic E-state index is 11.6. The highest BCUT2D eigenvalue weighted by Gasteiger charge is 2.08. The molecule has 0 saturated carbocycles. The van der Waals surface area contributed by atoms with Crippen LogP contribution < -0.4 is 0 Å². The van der Waals surface area contributed by atoms with Gasteiger partial charge in [0, 0.05) is 13.2 Å². The molecule has 5 nitrogen and oxygen atoms in total.